The summed E-state index contributed by atoms with van der Waals surface area (Å²) in [5.74, 6) is 1.79. The summed E-state index contributed by atoms with van der Waals surface area (Å²) < 4.78 is 5.98. The maximum absolute atomic E-state index is 5.98. The van der Waals surface area contributed by atoms with Crippen LogP contribution in [0.2, 0.25) is 0 Å². The zero-order valence-electron chi connectivity index (χ0n) is 9.99. The predicted octanol–water partition coefficient (Wildman–Crippen LogP) is 3.10. The van der Waals surface area contributed by atoms with Crippen LogP contribution in [0.5, 0.6) is 5.75 Å². The van der Waals surface area contributed by atoms with E-state index < -0.39 is 0 Å². The molecule has 1 aromatic rings. The second kappa shape index (κ2) is 5.35. The van der Waals surface area contributed by atoms with Gasteiger partial charge < -0.3 is 10.5 Å². The van der Waals surface area contributed by atoms with E-state index in [1.165, 1.54) is 25.7 Å². The van der Waals surface area contributed by atoms with E-state index >= 15 is 0 Å². The largest absolute Gasteiger partial charge is 0.490 e. The molecule has 2 N–H and O–H groups in total. The maximum Gasteiger partial charge on any atom is 0.119 e. The van der Waals surface area contributed by atoms with Crippen LogP contribution in [0.15, 0.2) is 24.3 Å². The minimum atomic E-state index is 0.410. The third-order valence-corrected chi connectivity index (χ3v) is 3.35. The molecule has 0 radical (unpaired) electrons. The van der Waals surface area contributed by atoms with Gasteiger partial charge in [0.05, 0.1) is 6.10 Å². The van der Waals surface area contributed by atoms with Crippen molar-refractivity contribution in [2.75, 3.05) is 0 Å². The molecule has 0 bridgehead atoms. The van der Waals surface area contributed by atoms with Crippen molar-refractivity contribution in [1.82, 2.24) is 0 Å². The van der Waals surface area contributed by atoms with Gasteiger partial charge in [-0.15, -0.1) is 0 Å². The Hall–Kier alpha value is -1.02. The molecule has 2 rings (SSSR count). The lowest BCUT2D eigenvalue weighted by molar-refractivity contribution is 0.129. The molecule has 0 saturated heterocycles. The Labute approximate surface area is 97.8 Å². The highest BCUT2D eigenvalue weighted by atomic mass is 16.5. The molecule has 0 aliphatic heterocycles. The van der Waals surface area contributed by atoms with Gasteiger partial charge in [-0.1, -0.05) is 25.5 Å². The third kappa shape index (κ3) is 2.99. The first-order valence-electron chi connectivity index (χ1n) is 6.23. The fourth-order valence-electron chi connectivity index (χ4n) is 2.38. The summed E-state index contributed by atoms with van der Waals surface area (Å²) in [5.41, 5.74) is 6.72. The predicted molar refractivity (Wildman–Crippen MR) is 66.4 cm³/mol. The van der Waals surface area contributed by atoms with Gasteiger partial charge >= 0.3 is 0 Å². The molecule has 0 amide bonds. The van der Waals surface area contributed by atoms with Crippen LogP contribution < -0.4 is 10.5 Å². The molecule has 2 heteroatoms. The molecule has 0 spiro atoms. The van der Waals surface area contributed by atoms with Gasteiger partial charge in [0.15, 0.2) is 0 Å². The van der Waals surface area contributed by atoms with Crippen molar-refractivity contribution in [1.29, 1.82) is 0 Å². The van der Waals surface area contributed by atoms with Gasteiger partial charge in [0.25, 0.3) is 0 Å². The molecule has 1 aliphatic carbocycles. The van der Waals surface area contributed by atoms with Crippen molar-refractivity contribution < 1.29 is 4.74 Å². The van der Waals surface area contributed by atoms with Gasteiger partial charge in [0.1, 0.15) is 5.75 Å². The van der Waals surface area contributed by atoms with E-state index in [4.69, 9.17) is 10.5 Å². The van der Waals surface area contributed by atoms with Crippen molar-refractivity contribution >= 4 is 0 Å². The number of benzene rings is 1. The molecule has 16 heavy (non-hydrogen) atoms. The highest BCUT2D eigenvalue weighted by Gasteiger charge is 2.19. The van der Waals surface area contributed by atoms with Gasteiger partial charge in [-0.2, -0.15) is 0 Å². The van der Waals surface area contributed by atoms with Crippen LogP contribution in [-0.2, 0) is 6.54 Å². The molecule has 1 aliphatic rings. The minimum absolute atomic E-state index is 0.410. The van der Waals surface area contributed by atoms with Crippen molar-refractivity contribution in [3.63, 3.8) is 0 Å². The highest BCUT2D eigenvalue weighted by Crippen LogP contribution is 2.27. The number of rotatable bonds is 3. The maximum atomic E-state index is 5.98. The van der Waals surface area contributed by atoms with E-state index in [9.17, 15) is 0 Å². The highest BCUT2D eigenvalue weighted by molar-refractivity contribution is 5.27. The molecule has 0 heterocycles. The Morgan fingerprint density at radius 3 is 2.62 bits per heavy atom. The first-order chi connectivity index (χ1) is 7.78. The van der Waals surface area contributed by atoms with E-state index in [1.54, 1.807) is 0 Å². The summed E-state index contributed by atoms with van der Waals surface area (Å²) in [5, 5.41) is 0. The van der Waals surface area contributed by atoms with Crippen LogP contribution in [0, 0.1) is 5.92 Å². The standard InChI is InChI=1S/C14H21NO/c1-11-3-2-4-14(9-11)16-13-7-5-12(10-15)6-8-13/h5-8,11,14H,2-4,9-10,15H2,1H3. The second-order valence-corrected chi connectivity index (χ2v) is 4.86. The number of nitrogens with two attached hydrogens (primary N) is 1. The number of hydrogen-bond acceptors (Lipinski definition) is 2. The fourth-order valence-corrected chi connectivity index (χ4v) is 2.38. The molecule has 0 aromatic heterocycles. The van der Waals surface area contributed by atoms with E-state index in [-0.39, 0.29) is 0 Å². The summed E-state index contributed by atoms with van der Waals surface area (Å²) in [6, 6.07) is 8.14. The normalized spacial score (nSPS) is 25.4. The average Bonchev–Trinajstić information content (AvgIpc) is 2.30. The summed E-state index contributed by atoms with van der Waals surface area (Å²) in [4.78, 5) is 0. The van der Waals surface area contributed by atoms with E-state index in [0.29, 0.717) is 12.6 Å². The molecule has 1 saturated carbocycles. The minimum Gasteiger partial charge on any atom is -0.490 e. The van der Waals surface area contributed by atoms with Crippen LogP contribution in [0.1, 0.15) is 38.2 Å². The second-order valence-electron chi connectivity index (χ2n) is 4.86. The molecule has 2 unspecified atom stereocenters. The van der Waals surface area contributed by atoms with Crippen LogP contribution in [-0.4, -0.2) is 6.10 Å². The summed E-state index contributed by atoms with van der Waals surface area (Å²) in [6.45, 7) is 2.91. The van der Waals surface area contributed by atoms with Crippen molar-refractivity contribution in [3.8, 4) is 5.75 Å². The summed E-state index contributed by atoms with van der Waals surface area (Å²) >= 11 is 0. The SMILES string of the molecule is CC1CCCC(Oc2ccc(CN)cc2)C1. The summed E-state index contributed by atoms with van der Waals surface area (Å²) in [7, 11) is 0. The lowest BCUT2D eigenvalue weighted by Gasteiger charge is -2.27. The fraction of sp³-hybridized carbons (Fsp3) is 0.571. The van der Waals surface area contributed by atoms with E-state index in [0.717, 1.165) is 17.2 Å². The van der Waals surface area contributed by atoms with Crippen molar-refractivity contribution in [2.45, 2.75) is 45.3 Å². The third-order valence-electron chi connectivity index (χ3n) is 3.35. The zero-order valence-corrected chi connectivity index (χ0v) is 9.99. The van der Waals surface area contributed by atoms with Crippen molar-refractivity contribution in [3.05, 3.63) is 29.8 Å². The van der Waals surface area contributed by atoms with Crippen LogP contribution in [0.4, 0.5) is 0 Å². The first kappa shape index (κ1) is 11.5. The van der Waals surface area contributed by atoms with Gasteiger partial charge in [0, 0.05) is 6.54 Å². The molecule has 1 fully saturated rings. The van der Waals surface area contributed by atoms with Crippen molar-refractivity contribution in [2.24, 2.45) is 11.7 Å². The topological polar surface area (TPSA) is 35.2 Å². The Morgan fingerprint density at radius 2 is 2.00 bits per heavy atom. The lowest BCUT2D eigenvalue weighted by Crippen LogP contribution is -2.24. The van der Waals surface area contributed by atoms with Gasteiger partial charge in [-0.25, -0.2) is 0 Å². The quantitative estimate of drug-likeness (QED) is 0.847. The van der Waals surface area contributed by atoms with Crippen LogP contribution >= 0.6 is 0 Å². The van der Waals surface area contributed by atoms with E-state index in [1.807, 2.05) is 24.3 Å². The van der Waals surface area contributed by atoms with Crippen LogP contribution in [0.3, 0.4) is 0 Å². The molecule has 2 nitrogen and oxygen atoms in total. The molecule has 2 atom stereocenters. The first-order valence-corrected chi connectivity index (χ1v) is 6.23. The number of ether oxygens (including phenoxy) is 1. The number of hydrogen-bond donors (Lipinski definition) is 1. The Kier molecular flexibility index (Phi) is 3.83. The van der Waals surface area contributed by atoms with Gasteiger partial charge in [-0.3, -0.25) is 0 Å². The van der Waals surface area contributed by atoms with Gasteiger partial charge in [-0.05, 0) is 42.9 Å². The zero-order chi connectivity index (χ0) is 11.4. The average molecular weight is 219 g/mol. The monoisotopic (exact) mass is 219 g/mol. The van der Waals surface area contributed by atoms with E-state index in [2.05, 4.69) is 6.92 Å². The summed E-state index contributed by atoms with van der Waals surface area (Å²) in [6.07, 6.45) is 5.45. The Bertz CT molecular complexity index is 320. The molecule has 88 valence electrons. The molecule has 1 aromatic carbocycles. The smallest absolute Gasteiger partial charge is 0.119 e. The Balaban J connectivity index is 1.92. The Morgan fingerprint density at radius 1 is 1.25 bits per heavy atom. The lowest BCUT2D eigenvalue weighted by atomic mass is 9.89. The van der Waals surface area contributed by atoms with Crippen LogP contribution in [0.25, 0.3) is 0 Å². The van der Waals surface area contributed by atoms with Gasteiger partial charge in [0.2, 0.25) is 0 Å². The molecular formula is C14H21NO. The molecular weight excluding hydrogens is 198 g/mol.